The molecule has 1 heterocycles. The summed E-state index contributed by atoms with van der Waals surface area (Å²) in [5, 5.41) is 20.7. The van der Waals surface area contributed by atoms with Crippen LogP contribution in [0.15, 0.2) is 42.5 Å². The number of nitro groups is 1. The highest BCUT2D eigenvalue weighted by Crippen LogP contribution is 2.29. The van der Waals surface area contributed by atoms with Gasteiger partial charge in [-0.2, -0.15) is 5.26 Å². The number of nitriles is 1. The third-order valence-electron chi connectivity index (χ3n) is 3.86. The standard InChI is InChI=1S/C18H14N4O3/c1-21-15-6-4-3-5-14(15)20-18(21)13(11-19)9-12-7-8-17(25-2)16(10-12)22(23)24/h3-10H,1-2H3/b13-9-. The third kappa shape index (κ3) is 2.93. The number of hydrogen-bond acceptors (Lipinski definition) is 5. The number of para-hydroxylation sites is 2. The molecule has 3 rings (SSSR count). The van der Waals surface area contributed by atoms with Gasteiger partial charge in [0.15, 0.2) is 11.6 Å². The van der Waals surface area contributed by atoms with Crippen molar-refractivity contribution in [1.29, 1.82) is 5.26 Å². The molecule has 0 saturated heterocycles. The molecule has 0 amide bonds. The number of nitrogens with zero attached hydrogens (tertiary/aromatic N) is 4. The van der Waals surface area contributed by atoms with Crippen molar-refractivity contribution < 1.29 is 9.66 Å². The average Bonchev–Trinajstić information content (AvgIpc) is 2.96. The van der Waals surface area contributed by atoms with Crippen LogP contribution in [0.25, 0.3) is 22.7 Å². The van der Waals surface area contributed by atoms with Gasteiger partial charge in [-0.1, -0.05) is 18.2 Å². The van der Waals surface area contributed by atoms with Crippen LogP contribution < -0.4 is 4.74 Å². The number of aromatic nitrogens is 2. The highest BCUT2D eigenvalue weighted by molar-refractivity contribution is 5.91. The van der Waals surface area contributed by atoms with Crippen molar-refractivity contribution in [2.45, 2.75) is 0 Å². The maximum absolute atomic E-state index is 11.2. The van der Waals surface area contributed by atoms with E-state index in [4.69, 9.17) is 4.74 Å². The molecule has 0 radical (unpaired) electrons. The second-order valence-corrected chi connectivity index (χ2v) is 5.34. The van der Waals surface area contributed by atoms with Crippen LogP contribution >= 0.6 is 0 Å². The maximum atomic E-state index is 11.2. The summed E-state index contributed by atoms with van der Waals surface area (Å²) in [4.78, 5) is 15.1. The predicted octanol–water partition coefficient (Wildman–Crippen LogP) is 3.55. The van der Waals surface area contributed by atoms with Crippen LogP contribution in [0, 0.1) is 21.4 Å². The van der Waals surface area contributed by atoms with Crippen molar-refractivity contribution in [1.82, 2.24) is 9.55 Å². The molecule has 0 aliphatic rings. The van der Waals surface area contributed by atoms with Gasteiger partial charge in [-0.05, 0) is 29.8 Å². The summed E-state index contributed by atoms with van der Waals surface area (Å²) in [7, 11) is 3.20. The van der Waals surface area contributed by atoms with E-state index in [1.165, 1.54) is 19.2 Å². The van der Waals surface area contributed by atoms with Crippen LogP contribution in [0.3, 0.4) is 0 Å². The topological polar surface area (TPSA) is 94.0 Å². The summed E-state index contributed by atoms with van der Waals surface area (Å²) in [5.74, 6) is 0.672. The van der Waals surface area contributed by atoms with Crippen LogP contribution in [0.2, 0.25) is 0 Å². The number of benzene rings is 2. The lowest BCUT2D eigenvalue weighted by Gasteiger charge is -2.04. The molecule has 0 bridgehead atoms. The predicted molar refractivity (Wildman–Crippen MR) is 93.8 cm³/mol. The first-order valence-corrected chi connectivity index (χ1v) is 7.41. The van der Waals surface area contributed by atoms with Gasteiger partial charge in [-0.25, -0.2) is 4.98 Å². The van der Waals surface area contributed by atoms with Gasteiger partial charge < -0.3 is 9.30 Å². The molecular weight excluding hydrogens is 320 g/mol. The highest BCUT2D eigenvalue weighted by atomic mass is 16.6. The van der Waals surface area contributed by atoms with E-state index < -0.39 is 4.92 Å². The Labute approximate surface area is 143 Å². The van der Waals surface area contributed by atoms with Crippen molar-refractivity contribution in [2.24, 2.45) is 7.05 Å². The monoisotopic (exact) mass is 334 g/mol. The van der Waals surface area contributed by atoms with E-state index >= 15 is 0 Å². The lowest BCUT2D eigenvalue weighted by atomic mass is 10.1. The van der Waals surface area contributed by atoms with Crippen LogP contribution in [0.5, 0.6) is 5.75 Å². The number of hydrogen-bond donors (Lipinski definition) is 0. The number of ether oxygens (including phenoxy) is 1. The Morgan fingerprint density at radius 3 is 2.76 bits per heavy atom. The van der Waals surface area contributed by atoms with Crippen molar-refractivity contribution >= 4 is 28.4 Å². The van der Waals surface area contributed by atoms with Crippen molar-refractivity contribution in [3.05, 3.63) is 64.0 Å². The Kier molecular flexibility index (Phi) is 4.18. The quantitative estimate of drug-likeness (QED) is 0.413. The molecule has 7 nitrogen and oxygen atoms in total. The molecule has 0 saturated carbocycles. The Morgan fingerprint density at radius 1 is 1.36 bits per heavy atom. The van der Waals surface area contributed by atoms with E-state index in [1.54, 1.807) is 12.1 Å². The van der Waals surface area contributed by atoms with E-state index in [0.717, 1.165) is 11.0 Å². The molecule has 25 heavy (non-hydrogen) atoms. The normalized spacial score (nSPS) is 11.3. The Hall–Kier alpha value is -3.66. The minimum Gasteiger partial charge on any atom is -0.490 e. The number of methoxy groups -OCH3 is 1. The summed E-state index contributed by atoms with van der Waals surface area (Å²) in [5.41, 5.74) is 2.37. The van der Waals surface area contributed by atoms with Gasteiger partial charge in [-0.15, -0.1) is 0 Å². The number of nitro benzene ring substituents is 1. The smallest absolute Gasteiger partial charge is 0.311 e. The van der Waals surface area contributed by atoms with E-state index in [9.17, 15) is 15.4 Å². The lowest BCUT2D eigenvalue weighted by Crippen LogP contribution is -1.97. The fourth-order valence-electron chi connectivity index (χ4n) is 2.64. The molecule has 0 aliphatic heterocycles. The van der Waals surface area contributed by atoms with E-state index in [1.807, 2.05) is 35.9 Å². The number of fused-ring (bicyclic) bond motifs is 1. The molecule has 124 valence electrons. The van der Waals surface area contributed by atoms with Crippen molar-refractivity contribution in [3.8, 4) is 11.8 Å². The minimum absolute atomic E-state index is 0.154. The van der Waals surface area contributed by atoms with Crippen molar-refractivity contribution in [3.63, 3.8) is 0 Å². The first kappa shape index (κ1) is 16.2. The molecule has 1 aromatic heterocycles. The number of allylic oxidation sites excluding steroid dienone is 1. The van der Waals surface area contributed by atoms with Crippen LogP contribution in [-0.2, 0) is 7.05 Å². The SMILES string of the molecule is COc1ccc(/C=C(/C#N)c2nc3ccccc3n2C)cc1[N+](=O)[O-]. The van der Waals surface area contributed by atoms with Gasteiger partial charge in [0.1, 0.15) is 6.07 Å². The summed E-state index contributed by atoms with van der Waals surface area (Å²) < 4.78 is 6.81. The van der Waals surface area contributed by atoms with Gasteiger partial charge in [0.2, 0.25) is 0 Å². The zero-order valence-corrected chi connectivity index (χ0v) is 13.6. The maximum Gasteiger partial charge on any atom is 0.311 e. The Balaban J connectivity index is 2.12. The second-order valence-electron chi connectivity index (χ2n) is 5.34. The number of rotatable bonds is 4. The second kappa shape index (κ2) is 6.45. The first-order valence-electron chi connectivity index (χ1n) is 7.41. The van der Waals surface area contributed by atoms with Gasteiger partial charge in [0.05, 0.1) is 28.6 Å². The largest absolute Gasteiger partial charge is 0.490 e. The minimum atomic E-state index is -0.517. The number of aryl methyl sites for hydroxylation is 1. The van der Waals surface area contributed by atoms with Gasteiger partial charge in [0, 0.05) is 13.1 Å². The highest BCUT2D eigenvalue weighted by Gasteiger charge is 2.16. The summed E-state index contributed by atoms with van der Waals surface area (Å²) >= 11 is 0. The van der Waals surface area contributed by atoms with Crippen LogP contribution in [-0.4, -0.2) is 21.6 Å². The van der Waals surface area contributed by atoms with E-state index in [2.05, 4.69) is 11.1 Å². The average molecular weight is 334 g/mol. The van der Waals surface area contributed by atoms with Gasteiger partial charge in [-0.3, -0.25) is 10.1 Å². The molecule has 0 fully saturated rings. The van der Waals surface area contributed by atoms with Gasteiger partial charge in [0.25, 0.3) is 0 Å². The zero-order chi connectivity index (χ0) is 18.0. The Morgan fingerprint density at radius 2 is 2.12 bits per heavy atom. The van der Waals surface area contributed by atoms with Crippen LogP contribution in [0.4, 0.5) is 5.69 Å². The molecule has 7 heteroatoms. The summed E-state index contributed by atoms with van der Waals surface area (Å²) in [6, 6.07) is 14.2. The molecule has 3 aromatic rings. The van der Waals surface area contributed by atoms with Gasteiger partial charge >= 0.3 is 5.69 Å². The molecule has 2 aromatic carbocycles. The molecule has 0 atom stereocenters. The summed E-state index contributed by atoms with van der Waals surface area (Å²) in [6.45, 7) is 0. The molecule has 0 N–H and O–H groups in total. The molecule has 0 aliphatic carbocycles. The molecule has 0 unspecified atom stereocenters. The van der Waals surface area contributed by atoms with E-state index in [-0.39, 0.29) is 11.4 Å². The van der Waals surface area contributed by atoms with E-state index in [0.29, 0.717) is 17.0 Å². The Bertz CT molecular complexity index is 1040. The fraction of sp³-hybridized carbons (Fsp3) is 0.111. The fourth-order valence-corrected chi connectivity index (χ4v) is 2.64. The summed E-state index contributed by atoms with van der Waals surface area (Å²) in [6.07, 6.45) is 1.58. The molecule has 0 spiro atoms. The van der Waals surface area contributed by atoms with Crippen LogP contribution in [0.1, 0.15) is 11.4 Å². The molecular formula is C18H14N4O3. The zero-order valence-electron chi connectivity index (χ0n) is 13.6. The lowest BCUT2D eigenvalue weighted by molar-refractivity contribution is -0.385. The third-order valence-corrected chi connectivity index (χ3v) is 3.86. The number of imidazole rings is 1. The van der Waals surface area contributed by atoms with Crippen molar-refractivity contribution in [2.75, 3.05) is 7.11 Å². The first-order chi connectivity index (χ1) is 12.0.